The van der Waals surface area contributed by atoms with Crippen molar-refractivity contribution in [1.29, 1.82) is 0 Å². The van der Waals surface area contributed by atoms with Crippen LogP contribution in [-0.4, -0.2) is 30.2 Å². The summed E-state index contributed by atoms with van der Waals surface area (Å²) in [5.74, 6) is 0.416. The number of fused-ring (bicyclic) bond motifs is 1. The van der Waals surface area contributed by atoms with Crippen molar-refractivity contribution in [2.24, 2.45) is 7.05 Å². The molecule has 0 bridgehead atoms. The van der Waals surface area contributed by atoms with Gasteiger partial charge in [-0.3, -0.25) is 19.8 Å². The monoisotopic (exact) mass is 372 g/mol. The summed E-state index contributed by atoms with van der Waals surface area (Å²) in [4.78, 5) is 22.0. The number of amides is 1. The summed E-state index contributed by atoms with van der Waals surface area (Å²) in [6, 6.07) is 11.9. The Balaban J connectivity index is 1.48. The van der Waals surface area contributed by atoms with Gasteiger partial charge in [-0.15, -0.1) is 0 Å². The second kappa shape index (κ2) is 6.60. The van der Waals surface area contributed by atoms with E-state index in [2.05, 4.69) is 31.0 Å². The highest BCUT2D eigenvalue weighted by molar-refractivity contribution is 6.04. The Morgan fingerprint density at radius 1 is 1.21 bits per heavy atom. The van der Waals surface area contributed by atoms with Gasteiger partial charge in [-0.2, -0.15) is 5.10 Å². The van der Waals surface area contributed by atoms with Crippen molar-refractivity contribution in [3.8, 4) is 11.3 Å². The van der Waals surface area contributed by atoms with Crippen LogP contribution in [0, 0.1) is 0 Å². The second-order valence-corrected chi connectivity index (χ2v) is 7.17. The molecule has 1 saturated carbocycles. The zero-order chi connectivity index (χ0) is 19.1. The minimum absolute atomic E-state index is 0.191. The van der Waals surface area contributed by atoms with Crippen molar-refractivity contribution in [2.75, 3.05) is 5.32 Å². The molecule has 3 aromatic heterocycles. The van der Waals surface area contributed by atoms with E-state index in [0.29, 0.717) is 23.2 Å². The number of carbonyl (C=O) groups is 1. The zero-order valence-electron chi connectivity index (χ0n) is 15.5. The molecule has 0 aliphatic heterocycles. The number of aryl methyl sites for hydroxylation is 1. The van der Waals surface area contributed by atoms with Crippen LogP contribution in [-0.2, 0) is 7.05 Å². The third kappa shape index (κ3) is 2.85. The quantitative estimate of drug-likeness (QED) is 0.591. The lowest BCUT2D eigenvalue weighted by Crippen LogP contribution is -2.22. The topological polar surface area (TPSA) is 77.6 Å². The molecule has 4 aromatic rings. The predicted molar refractivity (Wildman–Crippen MR) is 107 cm³/mol. The molecule has 0 radical (unpaired) electrons. The number of carbonyl (C=O) groups excluding carboxylic acids is 1. The van der Waals surface area contributed by atoms with E-state index in [4.69, 9.17) is 0 Å². The summed E-state index contributed by atoms with van der Waals surface area (Å²) in [5, 5.41) is 7.18. The number of imidazole rings is 1. The molecular formula is C21H20N6O. The Morgan fingerprint density at radius 3 is 2.82 bits per heavy atom. The molecule has 1 fully saturated rings. The number of para-hydroxylation sites is 2. The number of pyridine rings is 1. The Bertz CT molecular complexity index is 1170. The normalized spacial score (nSPS) is 14.2. The number of aromatic nitrogens is 5. The van der Waals surface area contributed by atoms with Gasteiger partial charge in [0.1, 0.15) is 0 Å². The van der Waals surface area contributed by atoms with Gasteiger partial charge < -0.3 is 4.57 Å². The standard InChI is InChI=1S/C21H20N6O/c1-26-13-15(12-23-26)18-11-14(9-10-22-18)20(28)25-21-24-17-7-2-3-8-19(17)27(21)16-5-4-6-16/h2-3,7-13,16H,4-6H2,1H3,(H,24,25,28). The largest absolute Gasteiger partial charge is 0.307 e. The summed E-state index contributed by atoms with van der Waals surface area (Å²) in [6.07, 6.45) is 8.70. The fourth-order valence-electron chi connectivity index (χ4n) is 3.60. The van der Waals surface area contributed by atoms with Crippen molar-refractivity contribution in [2.45, 2.75) is 25.3 Å². The predicted octanol–water partition coefficient (Wildman–Crippen LogP) is 3.81. The van der Waals surface area contributed by atoms with E-state index in [9.17, 15) is 4.79 Å². The highest BCUT2D eigenvalue weighted by atomic mass is 16.1. The van der Waals surface area contributed by atoms with Crippen LogP contribution < -0.4 is 5.32 Å². The number of benzene rings is 1. The highest BCUT2D eigenvalue weighted by Crippen LogP contribution is 2.37. The number of nitrogens with one attached hydrogen (secondary N) is 1. The van der Waals surface area contributed by atoms with Crippen molar-refractivity contribution in [3.05, 3.63) is 60.6 Å². The first kappa shape index (κ1) is 16.7. The number of anilines is 1. The SMILES string of the molecule is Cn1cc(-c2cc(C(=O)Nc3nc4ccccc4n3C3CCC3)ccn2)cn1. The Hall–Kier alpha value is -3.48. The molecule has 5 rings (SSSR count). The first-order chi connectivity index (χ1) is 13.7. The summed E-state index contributed by atoms with van der Waals surface area (Å²) in [6.45, 7) is 0. The molecule has 140 valence electrons. The molecule has 0 unspecified atom stereocenters. The van der Waals surface area contributed by atoms with E-state index >= 15 is 0 Å². The lowest BCUT2D eigenvalue weighted by Gasteiger charge is -2.29. The third-order valence-electron chi connectivity index (χ3n) is 5.28. The Labute approximate surface area is 162 Å². The molecule has 1 N–H and O–H groups in total. The van der Waals surface area contributed by atoms with Gasteiger partial charge in [0.05, 0.1) is 22.9 Å². The molecule has 1 amide bonds. The van der Waals surface area contributed by atoms with E-state index in [1.165, 1.54) is 6.42 Å². The van der Waals surface area contributed by atoms with Gasteiger partial charge in [-0.1, -0.05) is 12.1 Å². The Morgan fingerprint density at radius 2 is 2.07 bits per heavy atom. The summed E-state index contributed by atoms with van der Waals surface area (Å²) >= 11 is 0. The fourth-order valence-corrected chi connectivity index (χ4v) is 3.60. The molecule has 3 heterocycles. The van der Waals surface area contributed by atoms with Crippen LogP contribution in [0.25, 0.3) is 22.3 Å². The van der Waals surface area contributed by atoms with Gasteiger partial charge >= 0.3 is 0 Å². The molecule has 0 atom stereocenters. The summed E-state index contributed by atoms with van der Waals surface area (Å²) < 4.78 is 3.88. The van der Waals surface area contributed by atoms with E-state index in [1.54, 1.807) is 29.2 Å². The van der Waals surface area contributed by atoms with Crippen LogP contribution >= 0.6 is 0 Å². The molecule has 7 nitrogen and oxygen atoms in total. The third-order valence-corrected chi connectivity index (χ3v) is 5.28. The smallest absolute Gasteiger partial charge is 0.258 e. The van der Waals surface area contributed by atoms with Crippen LogP contribution in [0.3, 0.4) is 0 Å². The maximum Gasteiger partial charge on any atom is 0.258 e. The van der Waals surface area contributed by atoms with E-state index in [-0.39, 0.29) is 5.91 Å². The van der Waals surface area contributed by atoms with Crippen molar-refractivity contribution >= 4 is 22.9 Å². The average Bonchev–Trinajstić information content (AvgIpc) is 3.25. The number of hydrogen-bond acceptors (Lipinski definition) is 4. The average molecular weight is 372 g/mol. The molecule has 28 heavy (non-hydrogen) atoms. The molecule has 1 aliphatic carbocycles. The maximum atomic E-state index is 12.9. The molecular weight excluding hydrogens is 352 g/mol. The van der Waals surface area contributed by atoms with Crippen LogP contribution in [0.4, 0.5) is 5.95 Å². The summed E-state index contributed by atoms with van der Waals surface area (Å²) in [5.41, 5.74) is 4.09. The van der Waals surface area contributed by atoms with Gasteiger partial charge in [-0.05, 0) is 43.5 Å². The first-order valence-electron chi connectivity index (χ1n) is 9.42. The molecule has 1 aliphatic rings. The van der Waals surface area contributed by atoms with Crippen LogP contribution in [0.1, 0.15) is 35.7 Å². The van der Waals surface area contributed by atoms with Gasteiger partial charge in [0.25, 0.3) is 5.91 Å². The first-order valence-corrected chi connectivity index (χ1v) is 9.42. The van der Waals surface area contributed by atoms with Crippen molar-refractivity contribution < 1.29 is 4.79 Å². The van der Waals surface area contributed by atoms with E-state index in [0.717, 1.165) is 29.4 Å². The zero-order valence-corrected chi connectivity index (χ0v) is 15.5. The van der Waals surface area contributed by atoms with Crippen LogP contribution in [0.15, 0.2) is 55.0 Å². The van der Waals surface area contributed by atoms with Gasteiger partial charge in [0.15, 0.2) is 0 Å². The van der Waals surface area contributed by atoms with E-state index < -0.39 is 0 Å². The van der Waals surface area contributed by atoms with Crippen molar-refractivity contribution in [1.82, 2.24) is 24.3 Å². The minimum Gasteiger partial charge on any atom is -0.307 e. The van der Waals surface area contributed by atoms with Gasteiger partial charge in [-0.25, -0.2) is 4.98 Å². The maximum absolute atomic E-state index is 12.9. The molecule has 0 spiro atoms. The molecule has 7 heteroatoms. The second-order valence-electron chi connectivity index (χ2n) is 7.17. The molecule has 0 saturated heterocycles. The number of hydrogen-bond donors (Lipinski definition) is 1. The van der Waals surface area contributed by atoms with Crippen LogP contribution in [0.5, 0.6) is 0 Å². The number of nitrogens with zero attached hydrogens (tertiary/aromatic N) is 5. The highest BCUT2D eigenvalue weighted by Gasteiger charge is 2.25. The lowest BCUT2D eigenvalue weighted by atomic mass is 9.93. The summed E-state index contributed by atoms with van der Waals surface area (Å²) in [7, 11) is 1.85. The van der Waals surface area contributed by atoms with Crippen LogP contribution in [0.2, 0.25) is 0 Å². The van der Waals surface area contributed by atoms with Gasteiger partial charge in [0, 0.05) is 36.6 Å². The fraction of sp³-hybridized carbons (Fsp3) is 0.238. The minimum atomic E-state index is -0.191. The molecule has 1 aromatic carbocycles. The number of rotatable bonds is 4. The van der Waals surface area contributed by atoms with Crippen molar-refractivity contribution in [3.63, 3.8) is 0 Å². The Kier molecular flexibility index (Phi) is 3.93. The van der Waals surface area contributed by atoms with Gasteiger partial charge in [0.2, 0.25) is 5.95 Å². The lowest BCUT2D eigenvalue weighted by molar-refractivity contribution is 0.102. The van der Waals surface area contributed by atoms with E-state index in [1.807, 2.05) is 31.4 Å².